The van der Waals surface area contributed by atoms with E-state index < -0.39 is 0 Å². The molecule has 2 aliphatic rings. The zero-order valence-electron chi connectivity index (χ0n) is 15.5. The van der Waals surface area contributed by atoms with Crippen LogP contribution in [0.3, 0.4) is 0 Å². The van der Waals surface area contributed by atoms with Gasteiger partial charge in [0.1, 0.15) is 5.82 Å². The van der Waals surface area contributed by atoms with Crippen LogP contribution in [0.25, 0.3) is 10.9 Å². The van der Waals surface area contributed by atoms with Crippen molar-refractivity contribution >= 4 is 16.8 Å². The number of hydrogen-bond donors (Lipinski definition) is 1. The lowest BCUT2D eigenvalue weighted by Gasteiger charge is -2.33. The quantitative estimate of drug-likeness (QED) is 0.770. The molecule has 27 heavy (non-hydrogen) atoms. The van der Waals surface area contributed by atoms with Crippen LogP contribution in [0.15, 0.2) is 36.7 Å². The monoisotopic (exact) mass is 363 g/mol. The Labute approximate surface area is 158 Å². The first-order valence-corrected chi connectivity index (χ1v) is 10.0. The van der Waals surface area contributed by atoms with Gasteiger partial charge in [-0.3, -0.25) is 9.89 Å². The molecule has 6 heteroatoms. The SMILES string of the molecule is O=C(c1n[nH]c2ccccc12)N1CCC[C@H](c2nccn2CC2CCC2)C1. The third-order valence-electron chi connectivity index (χ3n) is 6.17. The largest absolute Gasteiger partial charge is 0.337 e. The summed E-state index contributed by atoms with van der Waals surface area (Å²) in [6, 6.07) is 7.81. The number of H-pyrrole nitrogens is 1. The number of piperidine rings is 1. The predicted molar refractivity (Wildman–Crippen MR) is 104 cm³/mol. The average molecular weight is 363 g/mol. The van der Waals surface area contributed by atoms with Crippen molar-refractivity contribution < 1.29 is 4.79 Å². The molecule has 2 fully saturated rings. The number of rotatable bonds is 4. The van der Waals surface area contributed by atoms with Gasteiger partial charge in [0.25, 0.3) is 5.91 Å². The number of hydrogen-bond acceptors (Lipinski definition) is 3. The topological polar surface area (TPSA) is 66.8 Å². The zero-order chi connectivity index (χ0) is 18.2. The molecule has 1 saturated heterocycles. The van der Waals surface area contributed by atoms with Crippen molar-refractivity contribution in [1.82, 2.24) is 24.6 Å². The van der Waals surface area contributed by atoms with Crippen molar-refractivity contribution in [3.63, 3.8) is 0 Å². The first-order chi connectivity index (χ1) is 13.3. The average Bonchev–Trinajstić information content (AvgIpc) is 3.31. The molecular formula is C21H25N5O. The standard InChI is InChI=1S/C21H25N5O/c27-21(19-17-8-1-2-9-18(17)23-24-19)26-11-4-7-16(14-26)20-22-10-12-25(20)13-15-5-3-6-15/h1-2,8-10,12,15-16H,3-7,11,13-14H2,(H,23,24)/t16-/m0/s1. The van der Waals surface area contributed by atoms with Gasteiger partial charge >= 0.3 is 0 Å². The summed E-state index contributed by atoms with van der Waals surface area (Å²) >= 11 is 0. The molecule has 1 amide bonds. The number of likely N-dealkylation sites (tertiary alicyclic amines) is 1. The van der Waals surface area contributed by atoms with Crippen molar-refractivity contribution in [2.24, 2.45) is 5.92 Å². The second kappa shape index (κ2) is 6.83. The molecule has 1 N–H and O–H groups in total. The highest BCUT2D eigenvalue weighted by Crippen LogP contribution is 2.31. The van der Waals surface area contributed by atoms with Gasteiger partial charge < -0.3 is 9.47 Å². The maximum absolute atomic E-state index is 13.1. The summed E-state index contributed by atoms with van der Waals surface area (Å²) in [6.07, 6.45) is 10.1. The fourth-order valence-electron chi connectivity index (χ4n) is 4.44. The zero-order valence-corrected chi connectivity index (χ0v) is 15.5. The number of fused-ring (bicyclic) bond motifs is 1. The molecule has 0 radical (unpaired) electrons. The van der Waals surface area contributed by atoms with E-state index in [0.717, 1.165) is 55.1 Å². The van der Waals surface area contributed by atoms with Gasteiger partial charge in [-0.25, -0.2) is 4.98 Å². The molecule has 1 aliphatic heterocycles. The van der Waals surface area contributed by atoms with Crippen LogP contribution in [0.2, 0.25) is 0 Å². The van der Waals surface area contributed by atoms with Crippen LogP contribution in [0, 0.1) is 5.92 Å². The van der Waals surface area contributed by atoms with Crippen LogP contribution in [-0.4, -0.2) is 43.6 Å². The summed E-state index contributed by atoms with van der Waals surface area (Å²) in [5, 5.41) is 8.17. The summed E-state index contributed by atoms with van der Waals surface area (Å²) in [5.41, 5.74) is 1.44. The molecule has 0 bridgehead atoms. The molecule has 140 valence electrons. The molecular weight excluding hydrogens is 338 g/mol. The number of nitrogens with one attached hydrogen (secondary N) is 1. The maximum atomic E-state index is 13.1. The molecule has 1 atom stereocenters. The highest BCUT2D eigenvalue weighted by molar-refractivity contribution is 6.04. The number of benzene rings is 1. The van der Waals surface area contributed by atoms with Crippen LogP contribution < -0.4 is 0 Å². The Morgan fingerprint density at radius 1 is 1.19 bits per heavy atom. The van der Waals surface area contributed by atoms with Crippen LogP contribution >= 0.6 is 0 Å². The first kappa shape index (κ1) is 16.5. The molecule has 6 nitrogen and oxygen atoms in total. The second-order valence-electron chi connectivity index (χ2n) is 7.94. The Balaban J connectivity index is 1.35. The molecule has 3 aromatic rings. The van der Waals surface area contributed by atoms with E-state index in [4.69, 9.17) is 0 Å². The summed E-state index contributed by atoms with van der Waals surface area (Å²) in [4.78, 5) is 19.7. The van der Waals surface area contributed by atoms with E-state index in [2.05, 4.69) is 25.9 Å². The second-order valence-corrected chi connectivity index (χ2v) is 7.94. The lowest BCUT2D eigenvalue weighted by atomic mass is 9.85. The number of imidazole rings is 1. The van der Waals surface area contributed by atoms with Gasteiger partial charge in [-0.05, 0) is 37.7 Å². The van der Waals surface area contributed by atoms with Gasteiger partial charge in [0.2, 0.25) is 0 Å². The van der Waals surface area contributed by atoms with Crippen molar-refractivity contribution in [1.29, 1.82) is 0 Å². The Morgan fingerprint density at radius 2 is 2.07 bits per heavy atom. The fraction of sp³-hybridized carbons (Fsp3) is 0.476. The Kier molecular flexibility index (Phi) is 4.19. The van der Waals surface area contributed by atoms with Gasteiger partial charge in [-0.1, -0.05) is 24.6 Å². The summed E-state index contributed by atoms with van der Waals surface area (Å²) in [5.74, 6) is 2.28. The van der Waals surface area contributed by atoms with E-state index in [1.165, 1.54) is 19.3 Å². The number of amides is 1. The van der Waals surface area contributed by atoms with E-state index in [9.17, 15) is 4.79 Å². The highest BCUT2D eigenvalue weighted by atomic mass is 16.2. The third-order valence-corrected chi connectivity index (χ3v) is 6.17. The lowest BCUT2D eigenvalue weighted by molar-refractivity contribution is 0.0698. The van der Waals surface area contributed by atoms with Gasteiger partial charge in [-0.15, -0.1) is 0 Å². The summed E-state index contributed by atoms with van der Waals surface area (Å²) in [7, 11) is 0. The number of aromatic amines is 1. The van der Waals surface area contributed by atoms with Gasteiger partial charge in [0.15, 0.2) is 5.69 Å². The summed E-state index contributed by atoms with van der Waals surface area (Å²) < 4.78 is 2.33. The highest BCUT2D eigenvalue weighted by Gasteiger charge is 2.30. The molecule has 3 heterocycles. The van der Waals surface area contributed by atoms with E-state index in [0.29, 0.717) is 11.6 Å². The maximum Gasteiger partial charge on any atom is 0.275 e. The molecule has 1 aromatic carbocycles. The summed E-state index contributed by atoms with van der Waals surface area (Å²) in [6.45, 7) is 2.59. The van der Waals surface area contributed by atoms with Crippen LogP contribution in [0.5, 0.6) is 0 Å². The van der Waals surface area contributed by atoms with Crippen LogP contribution in [0.1, 0.15) is 54.3 Å². The molecule has 5 rings (SSSR count). The van der Waals surface area contributed by atoms with Crippen LogP contribution in [0.4, 0.5) is 0 Å². The van der Waals surface area contributed by atoms with Crippen molar-refractivity contribution in [2.75, 3.05) is 13.1 Å². The smallest absolute Gasteiger partial charge is 0.275 e. The van der Waals surface area contributed by atoms with Gasteiger partial charge in [0, 0.05) is 43.3 Å². The lowest BCUT2D eigenvalue weighted by Crippen LogP contribution is -2.40. The third kappa shape index (κ3) is 3.03. The normalized spacial score (nSPS) is 20.7. The Bertz CT molecular complexity index is 954. The molecule has 0 spiro atoms. The number of carbonyl (C=O) groups excluding carboxylic acids is 1. The van der Waals surface area contributed by atoms with Gasteiger partial charge in [0.05, 0.1) is 5.52 Å². The minimum Gasteiger partial charge on any atom is -0.337 e. The minimum atomic E-state index is 0.0225. The Morgan fingerprint density at radius 3 is 2.93 bits per heavy atom. The minimum absolute atomic E-state index is 0.0225. The molecule has 2 aromatic heterocycles. The number of aromatic nitrogens is 4. The molecule has 0 unspecified atom stereocenters. The van der Waals surface area contributed by atoms with E-state index >= 15 is 0 Å². The van der Waals surface area contributed by atoms with E-state index in [1.807, 2.05) is 35.4 Å². The number of nitrogens with zero attached hydrogens (tertiary/aromatic N) is 4. The molecule has 1 saturated carbocycles. The van der Waals surface area contributed by atoms with E-state index in [-0.39, 0.29) is 5.91 Å². The first-order valence-electron chi connectivity index (χ1n) is 10.0. The van der Waals surface area contributed by atoms with Gasteiger partial charge in [-0.2, -0.15) is 5.10 Å². The van der Waals surface area contributed by atoms with E-state index in [1.54, 1.807) is 0 Å². The number of para-hydroxylation sites is 1. The predicted octanol–water partition coefficient (Wildman–Crippen LogP) is 3.58. The molecule has 1 aliphatic carbocycles. The Hall–Kier alpha value is -2.63. The van der Waals surface area contributed by atoms with Crippen molar-refractivity contribution in [3.05, 3.63) is 48.2 Å². The van der Waals surface area contributed by atoms with Crippen molar-refractivity contribution in [3.8, 4) is 0 Å². The van der Waals surface area contributed by atoms with Crippen LogP contribution in [-0.2, 0) is 6.54 Å². The number of carbonyl (C=O) groups is 1. The fourth-order valence-corrected chi connectivity index (χ4v) is 4.44. The van der Waals surface area contributed by atoms with Crippen molar-refractivity contribution in [2.45, 2.75) is 44.6 Å².